The van der Waals surface area contributed by atoms with Crippen LogP contribution in [0.3, 0.4) is 0 Å². The Balaban J connectivity index is 3.63. The van der Waals surface area contributed by atoms with Crippen molar-refractivity contribution in [2.45, 2.75) is 0 Å². The molecule has 0 unspecified atom stereocenters. The van der Waals surface area contributed by atoms with Gasteiger partial charge in [-0.3, -0.25) is 0 Å². The van der Waals surface area contributed by atoms with Crippen LogP contribution in [0, 0.1) is 0 Å². The van der Waals surface area contributed by atoms with Gasteiger partial charge in [0, 0.05) is 13.4 Å². The number of halogens is 3. The predicted octanol–water partition coefficient (Wildman–Crippen LogP) is 3.37. The number of carboxylic acid groups (broad SMARTS) is 2. The second kappa shape index (κ2) is 4.63. The van der Waals surface area contributed by atoms with Crippen LogP contribution in [0.5, 0.6) is 0 Å². The SMILES string of the molecule is O=C(O)c1cc(Br)c(Br)c(C(=O)O)c1Br. The van der Waals surface area contributed by atoms with Crippen molar-refractivity contribution in [3.63, 3.8) is 0 Å². The smallest absolute Gasteiger partial charge is 0.338 e. The van der Waals surface area contributed by atoms with E-state index >= 15 is 0 Å². The molecule has 0 radical (unpaired) electrons. The van der Waals surface area contributed by atoms with Crippen molar-refractivity contribution >= 4 is 59.7 Å². The fourth-order valence-electron chi connectivity index (χ4n) is 0.947. The number of carbonyl (C=O) groups is 2. The fraction of sp³-hybridized carbons (Fsp3) is 0. The maximum absolute atomic E-state index is 10.9. The molecule has 15 heavy (non-hydrogen) atoms. The maximum atomic E-state index is 10.9. The lowest BCUT2D eigenvalue weighted by Crippen LogP contribution is -2.06. The number of rotatable bonds is 2. The van der Waals surface area contributed by atoms with Gasteiger partial charge < -0.3 is 10.2 Å². The Bertz CT molecular complexity index is 456. The van der Waals surface area contributed by atoms with Crippen LogP contribution in [0.2, 0.25) is 0 Å². The van der Waals surface area contributed by atoms with E-state index in [1.54, 1.807) is 0 Å². The predicted molar refractivity (Wildman–Crippen MR) is 63.5 cm³/mol. The molecular formula is C8H3Br3O4. The van der Waals surface area contributed by atoms with Crippen LogP contribution in [-0.2, 0) is 0 Å². The molecule has 7 heteroatoms. The Labute approximate surface area is 110 Å². The van der Waals surface area contributed by atoms with Gasteiger partial charge in [0.05, 0.1) is 11.1 Å². The molecule has 1 aromatic rings. The summed E-state index contributed by atoms with van der Waals surface area (Å²) >= 11 is 9.09. The lowest BCUT2D eigenvalue weighted by molar-refractivity contribution is 0.0694. The van der Waals surface area contributed by atoms with Crippen molar-refractivity contribution in [1.29, 1.82) is 0 Å². The number of aromatic carboxylic acids is 2. The normalized spacial score (nSPS) is 10.1. The Kier molecular flexibility index (Phi) is 3.91. The fourth-order valence-corrected chi connectivity index (χ4v) is 2.77. The van der Waals surface area contributed by atoms with E-state index in [9.17, 15) is 9.59 Å². The van der Waals surface area contributed by atoms with E-state index < -0.39 is 11.9 Å². The average Bonchev–Trinajstić information content (AvgIpc) is 2.10. The highest BCUT2D eigenvalue weighted by Crippen LogP contribution is 2.35. The Morgan fingerprint density at radius 2 is 1.53 bits per heavy atom. The Morgan fingerprint density at radius 3 is 1.93 bits per heavy atom. The highest BCUT2D eigenvalue weighted by molar-refractivity contribution is 9.13. The number of hydrogen-bond acceptors (Lipinski definition) is 2. The van der Waals surface area contributed by atoms with E-state index in [0.29, 0.717) is 8.95 Å². The molecule has 0 aliphatic heterocycles. The average molecular weight is 403 g/mol. The van der Waals surface area contributed by atoms with Crippen LogP contribution in [0.25, 0.3) is 0 Å². The summed E-state index contributed by atoms with van der Waals surface area (Å²) in [5.74, 6) is -2.41. The van der Waals surface area contributed by atoms with Crippen LogP contribution >= 0.6 is 47.8 Å². The van der Waals surface area contributed by atoms with Gasteiger partial charge in [-0.15, -0.1) is 0 Å². The first-order valence-electron chi connectivity index (χ1n) is 3.50. The standard InChI is InChI=1S/C8H3Br3O4/c9-3-1-2(7(12)13)5(10)4(6(3)11)8(14)15/h1H,(H,12,13)(H,14,15). The van der Waals surface area contributed by atoms with Gasteiger partial charge in [0.2, 0.25) is 0 Å². The van der Waals surface area contributed by atoms with E-state index in [1.165, 1.54) is 6.07 Å². The summed E-state index contributed by atoms with van der Waals surface area (Å²) in [6.07, 6.45) is 0. The highest BCUT2D eigenvalue weighted by Gasteiger charge is 2.22. The van der Waals surface area contributed by atoms with Crippen molar-refractivity contribution in [1.82, 2.24) is 0 Å². The summed E-state index contributed by atoms with van der Waals surface area (Å²) in [7, 11) is 0. The molecule has 0 bridgehead atoms. The highest BCUT2D eigenvalue weighted by atomic mass is 79.9. The summed E-state index contributed by atoms with van der Waals surface area (Å²) in [6, 6.07) is 1.32. The van der Waals surface area contributed by atoms with E-state index in [1.807, 2.05) is 0 Å². The van der Waals surface area contributed by atoms with Crippen LogP contribution in [-0.4, -0.2) is 22.2 Å². The van der Waals surface area contributed by atoms with Crippen molar-refractivity contribution in [2.24, 2.45) is 0 Å². The van der Waals surface area contributed by atoms with Gasteiger partial charge in [-0.2, -0.15) is 0 Å². The first-order valence-corrected chi connectivity index (χ1v) is 5.88. The molecule has 0 aliphatic rings. The first-order chi connectivity index (χ1) is 6.86. The second-order valence-corrected chi connectivity index (χ2v) is 4.96. The topological polar surface area (TPSA) is 74.6 Å². The first kappa shape index (κ1) is 12.7. The zero-order valence-electron chi connectivity index (χ0n) is 6.92. The molecule has 0 amide bonds. The van der Waals surface area contributed by atoms with E-state index in [-0.39, 0.29) is 15.6 Å². The summed E-state index contributed by atoms with van der Waals surface area (Å²) in [4.78, 5) is 21.7. The third-order valence-corrected chi connectivity index (χ3v) is 4.41. The van der Waals surface area contributed by atoms with Gasteiger partial charge >= 0.3 is 11.9 Å². The van der Waals surface area contributed by atoms with Crippen LogP contribution in [0.1, 0.15) is 20.7 Å². The number of hydrogen-bond donors (Lipinski definition) is 2. The number of carboxylic acids is 2. The molecule has 0 saturated heterocycles. The van der Waals surface area contributed by atoms with Gasteiger partial charge in [0.15, 0.2) is 0 Å². The molecule has 1 rings (SSSR count). The van der Waals surface area contributed by atoms with Crippen LogP contribution < -0.4 is 0 Å². The summed E-state index contributed by atoms with van der Waals surface area (Å²) in [5.41, 5.74) is -0.232. The number of benzene rings is 1. The lowest BCUT2D eigenvalue weighted by atomic mass is 10.1. The summed E-state index contributed by atoms with van der Waals surface area (Å²) < 4.78 is 0.713. The molecule has 0 fully saturated rings. The van der Waals surface area contributed by atoms with Crippen LogP contribution in [0.4, 0.5) is 0 Å². The largest absolute Gasteiger partial charge is 0.478 e. The minimum Gasteiger partial charge on any atom is -0.478 e. The van der Waals surface area contributed by atoms with Gasteiger partial charge in [0.25, 0.3) is 0 Å². The second-order valence-electron chi connectivity index (χ2n) is 2.52. The Hall–Kier alpha value is -0.400. The van der Waals surface area contributed by atoms with Crippen molar-refractivity contribution < 1.29 is 19.8 Å². The van der Waals surface area contributed by atoms with E-state index in [2.05, 4.69) is 47.8 Å². The van der Waals surface area contributed by atoms with Gasteiger partial charge in [-0.25, -0.2) is 9.59 Å². The zero-order valence-corrected chi connectivity index (χ0v) is 11.7. The molecule has 0 aliphatic carbocycles. The monoisotopic (exact) mass is 400 g/mol. The molecular weight excluding hydrogens is 400 g/mol. The minimum atomic E-state index is -1.21. The molecule has 0 saturated carbocycles. The molecule has 0 spiro atoms. The summed E-state index contributed by atoms with van der Waals surface area (Å²) in [6.45, 7) is 0. The third-order valence-electron chi connectivity index (χ3n) is 1.60. The molecule has 0 aromatic heterocycles. The van der Waals surface area contributed by atoms with Gasteiger partial charge in [-0.1, -0.05) is 0 Å². The Morgan fingerprint density at radius 1 is 1.00 bits per heavy atom. The maximum Gasteiger partial charge on any atom is 0.338 e. The van der Waals surface area contributed by atoms with Crippen molar-refractivity contribution in [2.75, 3.05) is 0 Å². The minimum absolute atomic E-state index is 0.0394. The quantitative estimate of drug-likeness (QED) is 0.744. The van der Waals surface area contributed by atoms with Gasteiger partial charge in [0.1, 0.15) is 0 Å². The van der Waals surface area contributed by atoms with E-state index in [4.69, 9.17) is 10.2 Å². The molecule has 0 atom stereocenters. The zero-order chi connectivity index (χ0) is 11.7. The van der Waals surface area contributed by atoms with Crippen molar-refractivity contribution in [3.8, 4) is 0 Å². The molecule has 0 heterocycles. The molecule has 2 N–H and O–H groups in total. The van der Waals surface area contributed by atoms with Crippen molar-refractivity contribution in [3.05, 3.63) is 30.6 Å². The lowest BCUT2D eigenvalue weighted by Gasteiger charge is -2.07. The van der Waals surface area contributed by atoms with E-state index in [0.717, 1.165) is 0 Å². The molecule has 1 aromatic carbocycles. The van der Waals surface area contributed by atoms with Gasteiger partial charge in [-0.05, 0) is 53.9 Å². The molecule has 4 nitrogen and oxygen atoms in total. The third kappa shape index (κ3) is 2.40. The summed E-state index contributed by atoms with van der Waals surface area (Å²) in [5, 5.41) is 17.7. The molecule has 80 valence electrons. The van der Waals surface area contributed by atoms with Crippen LogP contribution in [0.15, 0.2) is 19.5 Å².